The zero-order valence-electron chi connectivity index (χ0n) is 22.6. The number of hydrogen-bond donors (Lipinski definition) is 0. The molecule has 0 N–H and O–H groups in total. The van der Waals surface area contributed by atoms with E-state index in [0.717, 1.165) is 56.7 Å². The van der Waals surface area contributed by atoms with E-state index >= 15 is 0 Å². The Balaban J connectivity index is 1.71. The molecule has 0 amide bonds. The van der Waals surface area contributed by atoms with Gasteiger partial charge in [0.05, 0.1) is 45.6 Å². The third kappa shape index (κ3) is 7.53. The first kappa shape index (κ1) is 26.6. The van der Waals surface area contributed by atoms with Gasteiger partial charge in [-0.15, -0.1) is 0 Å². The van der Waals surface area contributed by atoms with E-state index < -0.39 is 0 Å². The summed E-state index contributed by atoms with van der Waals surface area (Å²) < 4.78 is 0. The topological polar surface area (TPSA) is 49.4 Å². The molecule has 0 saturated carbocycles. The van der Waals surface area contributed by atoms with E-state index in [1.807, 2.05) is 105 Å². The minimum absolute atomic E-state index is 0.683. The molecule has 0 aliphatic heterocycles. The maximum Gasteiger partial charge on any atom is 0.0662 e. The molecule has 0 aromatic heterocycles. The van der Waals surface area contributed by atoms with Crippen molar-refractivity contribution in [1.29, 1.82) is 0 Å². The van der Waals surface area contributed by atoms with Crippen LogP contribution < -0.4 is 0 Å². The normalized spacial score (nSPS) is 13.1. The van der Waals surface area contributed by atoms with Crippen LogP contribution in [0, 0.1) is 13.8 Å². The van der Waals surface area contributed by atoms with E-state index in [-0.39, 0.29) is 0 Å². The summed E-state index contributed by atoms with van der Waals surface area (Å²) in [4.78, 5) is 19.9. The summed E-state index contributed by atoms with van der Waals surface area (Å²) in [7, 11) is 0. The summed E-state index contributed by atoms with van der Waals surface area (Å²) in [5.41, 5.74) is 9.68. The minimum Gasteiger partial charge on any atom is -0.252 e. The van der Waals surface area contributed by atoms with E-state index in [0.29, 0.717) is 12.8 Å². The Labute approximate surface area is 226 Å². The highest BCUT2D eigenvalue weighted by Crippen LogP contribution is 2.22. The van der Waals surface area contributed by atoms with Crippen molar-refractivity contribution in [3.63, 3.8) is 0 Å². The van der Waals surface area contributed by atoms with Gasteiger partial charge >= 0.3 is 0 Å². The Morgan fingerprint density at radius 3 is 1.37 bits per heavy atom. The first-order valence-corrected chi connectivity index (χ1v) is 13.0. The SMILES string of the molecule is CC(=Nc1ccccc1)C(CCC(=Nc1ccccc1C)C(C)=Nc1ccccc1C)=Nc1ccccc1. The molecule has 0 spiro atoms. The average molecular weight is 499 g/mol. The Kier molecular flexibility index (Phi) is 9.25. The van der Waals surface area contributed by atoms with E-state index in [1.54, 1.807) is 0 Å². The monoisotopic (exact) mass is 498 g/mol. The predicted molar refractivity (Wildman–Crippen MR) is 164 cm³/mol. The van der Waals surface area contributed by atoms with E-state index in [9.17, 15) is 0 Å². The minimum atomic E-state index is 0.683. The summed E-state index contributed by atoms with van der Waals surface area (Å²) in [6.07, 6.45) is 1.37. The first-order chi connectivity index (χ1) is 18.5. The van der Waals surface area contributed by atoms with Crippen LogP contribution in [-0.4, -0.2) is 22.8 Å². The molecule has 4 nitrogen and oxygen atoms in total. The van der Waals surface area contributed by atoms with Crippen LogP contribution in [0.25, 0.3) is 0 Å². The van der Waals surface area contributed by atoms with E-state index in [4.69, 9.17) is 20.0 Å². The highest BCUT2D eigenvalue weighted by molar-refractivity contribution is 6.46. The molecular weight excluding hydrogens is 464 g/mol. The maximum atomic E-state index is 5.10. The van der Waals surface area contributed by atoms with Crippen LogP contribution in [0.2, 0.25) is 0 Å². The molecule has 0 saturated heterocycles. The number of benzene rings is 4. The molecule has 0 atom stereocenters. The fourth-order valence-corrected chi connectivity index (χ4v) is 4.06. The molecule has 190 valence electrons. The van der Waals surface area contributed by atoms with Gasteiger partial charge in [0.2, 0.25) is 0 Å². The van der Waals surface area contributed by atoms with Crippen molar-refractivity contribution in [2.24, 2.45) is 20.0 Å². The molecule has 0 unspecified atom stereocenters. The molecule has 4 aromatic rings. The third-order valence-electron chi connectivity index (χ3n) is 6.28. The second-order valence-corrected chi connectivity index (χ2v) is 9.26. The highest BCUT2D eigenvalue weighted by Gasteiger charge is 2.12. The van der Waals surface area contributed by atoms with Gasteiger partial charge in [0.15, 0.2) is 0 Å². The highest BCUT2D eigenvalue weighted by atomic mass is 14.8. The van der Waals surface area contributed by atoms with Gasteiger partial charge in [-0.3, -0.25) is 20.0 Å². The number of para-hydroxylation sites is 4. The molecule has 38 heavy (non-hydrogen) atoms. The van der Waals surface area contributed by atoms with Crippen LogP contribution in [0.15, 0.2) is 129 Å². The Bertz CT molecular complexity index is 1480. The zero-order chi connectivity index (χ0) is 26.7. The van der Waals surface area contributed by atoms with Crippen LogP contribution in [0.3, 0.4) is 0 Å². The molecule has 4 rings (SSSR count). The van der Waals surface area contributed by atoms with Crippen molar-refractivity contribution < 1.29 is 0 Å². The molecule has 4 heteroatoms. The van der Waals surface area contributed by atoms with Gasteiger partial charge in [-0.2, -0.15) is 0 Å². The van der Waals surface area contributed by atoms with Crippen LogP contribution >= 0.6 is 0 Å². The van der Waals surface area contributed by atoms with Gasteiger partial charge in [0.1, 0.15) is 0 Å². The smallest absolute Gasteiger partial charge is 0.0662 e. The molecule has 0 aliphatic rings. The maximum absolute atomic E-state index is 5.10. The number of aryl methyl sites for hydroxylation is 2. The van der Waals surface area contributed by atoms with Gasteiger partial charge < -0.3 is 0 Å². The summed E-state index contributed by atoms with van der Waals surface area (Å²) in [5.74, 6) is 0. The lowest BCUT2D eigenvalue weighted by atomic mass is 10.0. The fourth-order valence-electron chi connectivity index (χ4n) is 4.06. The van der Waals surface area contributed by atoms with Crippen molar-refractivity contribution in [2.45, 2.75) is 40.5 Å². The molecule has 0 fully saturated rings. The van der Waals surface area contributed by atoms with E-state index in [2.05, 4.69) is 32.0 Å². The number of nitrogens with zero attached hydrogens (tertiary/aromatic N) is 4. The quantitative estimate of drug-likeness (QED) is 0.206. The van der Waals surface area contributed by atoms with E-state index in [1.165, 1.54) is 0 Å². The molecule has 0 bridgehead atoms. The Morgan fingerprint density at radius 1 is 0.447 bits per heavy atom. The summed E-state index contributed by atoms with van der Waals surface area (Å²) in [6.45, 7) is 8.24. The summed E-state index contributed by atoms with van der Waals surface area (Å²) >= 11 is 0. The van der Waals surface area contributed by atoms with Crippen molar-refractivity contribution in [2.75, 3.05) is 0 Å². The number of aliphatic imine (C=N–C) groups is 4. The standard InChI is InChI=1S/C34H34N4/c1-25-15-11-13-21-31(25)36-28(4)34(38-32-22-14-12-16-26(32)2)24-23-33(37-30-19-9-6-10-20-30)27(3)35-29-17-7-5-8-18-29/h5-22H,23-24H2,1-4H3. The van der Waals surface area contributed by atoms with Gasteiger partial charge in [0, 0.05) is 0 Å². The van der Waals surface area contributed by atoms with Crippen molar-refractivity contribution in [3.05, 3.63) is 120 Å². The molecule has 0 aliphatic carbocycles. The number of rotatable bonds is 9. The lowest BCUT2D eigenvalue weighted by Gasteiger charge is -2.12. The van der Waals surface area contributed by atoms with Crippen molar-refractivity contribution in [1.82, 2.24) is 0 Å². The molecule has 0 heterocycles. The lowest BCUT2D eigenvalue weighted by molar-refractivity contribution is 1.15. The first-order valence-electron chi connectivity index (χ1n) is 13.0. The lowest BCUT2D eigenvalue weighted by Crippen LogP contribution is -2.16. The Morgan fingerprint density at radius 2 is 0.842 bits per heavy atom. The van der Waals surface area contributed by atoms with Crippen LogP contribution in [0.5, 0.6) is 0 Å². The second-order valence-electron chi connectivity index (χ2n) is 9.26. The van der Waals surface area contributed by atoms with Gasteiger partial charge in [-0.1, -0.05) is 72.8 Å². The van der Waals surface area contributed by atoms with Crippen molar-refractivity contribution >= 4 is 45.6 Å². The predicted octanol–water partition coefficient (Wildman–Crippen LogP) is 9.51. The molecule has 4 aromatic carbocycles. The van der Waals surface area contributed by atoms with Crippen LogP contribution in [0.4, 0.5) is 22.7 Å². The number of hydrogen-bond acceptors (Lipinski definition) is 4. The van der Waals surface area contributed by atoms with Gasteiger partial charge in [-0.05, 0) is 88.1 Å². The second kappa shape index (κ2) is 13.2. The van der Waals surface area contributed by atoms with Crippen LogP contribution in [-0.2, 0) is 0 Å². The Hall–Kier alpha value is -4.44. The summed E-state index contributed by atoms with van der Waals surface area (Å²) in [5, 5.41) is 0. The van der Waals surface area contributed by atoms with Crippen LogP contribution in [0.1, 0.15) is 37.8 Å². The average Bonchev–Trinajstić information content (AvgIpc) is 2.93. The van der Waals surface area contributed by atoms with Crippen molar-refractivity contribution in [3.8, 4) is 0 Å². The van der Waals surface area contributed by atoms with Gasteiger partial charge in [0.25, 0.3) is 0 Å². The third-order valence-corrected chi connectivity index (χ3v) is 6.28. The molecular formula is C34H34N4. The largest absolute Gasteiger partial charge is 0.252 e. The fraction of sp³-hybridized carbons (Fsp3) is 0.176. The van der Waals surface area contributed by atoms with Gasteiger partial charge in [-0.25, -0.2) is 0 Å². The zero-order valence-corrected chi connectivity index (χ0v) is 22.6. The summed E-state index contributed by atoms with van der Waals surface area (Å²) in [6, 6.07) is 36.4. The molecule has 0 radical (unpaired) electrons.